The van der Waals surface area contributed by atoms with E-state index in [0.29, 0.717) is 23.6 Å². The average molecular weight is 435 g/mol. The molecule has 1 amide bonds. The second kappa shape index (κ2) is 7.75. The number of halogens is 2. The van der Waals surface area contributed by atoms with Gasteiger partial charge >= 0.3 is 0 Å². The third-order valence-corrected chi connectivity index (χ3v) is 6.09. The van der Waals surface area contributed by atoms with Crippen molar-refractivity contribution in [1.29, 1.82) is 0 Å². The Hall–Kier alpha value is -3.31. The molecule has 0 unspecified atom stereocenters. The summed E-state index contributed by atoms with van der Waals surface area (Å²) in [5, 5.41) is 1.59. The number of carbonyl (C=O) groups excluding carboxylic acids is 1. The molecule has 156 valence electrons. The number of ether oxygens (including phenoxy) is 1. The summed E-state index contributed by atoms with van der Waals surface area (Å²) in [5.74, 6) is 0.359. The Labute approximate surface area is 184 Å². The molecule has 6 heteroatoms. The van der Waals surface area contributed by atoms with E-state index < -0.39 is 0 Å². The minimum Gasteiger partial charge on any atom is -0.497 e. The molecule has 0 aliphatic carbocycles. The summed E-state index contributed by atoms with van der Waals surface area (Å²) >= 11 is 6.13. The monoisotopic (exact) mass is 434 g/mol. The molecule has 0 saturated carbocycles. The van der Waals surface area contributed by atoms with E-state index in [2.05, 4.69) is 4.98 Å². The summed E-state index contributed by atoms with van der Waals surface area (Å²) in [6.45, 7) is 0.532. The number of carbonyl (C=O) groups is 1. The van der Waals surface area contributed by atoms with Crippen molar-refractivity contribution >= 4 is 28.4 Å². The molecule has 0 saturated heterocycles. The van der Waals surface area contributed by atoms with E-state index in [1.807, 2.05) is 23.1 Å². The number of hydrogen-bond donors (Lipinski definition) is 1. The molecule has 1 atom stereocenters. The summed E-state index contributed by atoms with van der Waals surface area (Å²) in [7, 11) is 1.65. The van der Waals surface area contributed by atoms with E-state index in [9.17, 15) is 9.18 Å². The first kappa shape index (κ1) is 19.6. The number of rotatable bonds is 3. The van der Waals surface area contributed by atoms with Crippen molar-refractivity contribution in [2.45, 2.75) is 12.5 Å². The fraction of sp³-hybridized carbons (Fsp3) is 0.160. The molecule has 1 N–H and O–H groups in total. The van der Waals surface area contributed by atoms with Gasteiger partial charge in [0.1, 0.15) is 11.6 Å². The highest BCUT2D eigenvalue weighted by Gasteiger charge is 2.35. The molecule has 0 bridgehead atoms. The van der Waals surface area contributed by atoms with Gasteiger partial charge in [-0.2, -0.15) is 0 Å². The van der Waals surface area contributed by atoms with E-state index in [1.54, 1.807) is 43.5 Å². The minimum atomic E-state index is -0.366. The number of nitrogens with zero attached hydrogens (tertiary/aromatic N) is 1. The number of amides is 1. The first-order valence-electron chi connectivity index (χ1n) is 10.1. The molecule has 3 aromatic carbocycles. The van der Waals surface area contributed by atoms with Gasteiger partial charge < -0.3 is 14.6 Å². The summed E-state index contributed by atoms with van der Waals surface area (Å²) in [6, 6.07) is 18.8. The topological polar surface area (TPSA) is 45.3 Å². The Morgan fingerprint density at radius 3 is 2.68 bits per heavy atom. The van der Waals surface area contributed by atoms with Crippen LogP contribution < -0.4 is 4.74 Å². The van der Waals surface area contributed by atoms with Gasteiger partial charge in [0.15, 0.2) is 0 Å². The van der Waals surface area contributed by atoms with Crippen LogP contribution in [0.5, 0.6) is 5.75 Å². The summed E-state index contributed by atoms with van der Waals surface area (Å²) < 4.78 is 19.1. The zero-order valence-electron chi connectivity index (χ0n) is 16.9. The third-order valence-electron chi connectivity index (χ3n) is 5.85. The maximum Gasteiger partial charge on any atom is 0.254 e. The molecular weight excluding hydrogens is 415 g/mol. The van der Waals surface area contributed by atoms with Crippen molar-refractivity contribution in [1.82, 2.24) is 9.88 Å². The quantitative estimate of drug-likeness (QED) is 0.445. The van der Waals surface area contributed by atoms with Gasteiger partial charge in [-0.15, -0.1) is 0 Å². The molecule has 1 aromatic heterocycles. The van der Waals surface area contributed by atoms with Gasteiger partial charge in [0.05, 0.1) is 13.2 Å². The van der Waals surface area contributed by atoms with E-state index in [1.165, 1.54) is 12.1 Å². The molecule has 1 aliphatic heterocycles. The first-order valence-corrected chi connectivity index (χ1v) is 10.4. The Morgan fingerprint density at radius 2 is 1.94 bits per heavy atom. The summed E-state index contributed by atoms with van der Waals surface area (Å²) in [4.78, 5) is 18.8. The lowest BCUT2D eigenvalue weighted by Crippen LogP contribution is -2.40. The maximum atomic E-state index is 13.6. The smallest absolute Gasteiger partial charge is 0.254 e. The van der Waals surface area contributed by atoms with Gasteiger partial charge in [0, 0.05) is 33.7 Å². The maximum absolute atomic E-state index is 13.6. The van der Waals surface area contributed by atoms with E-state index in [-0.39, 0.29) is 17.8 Å². The van der Waals surface area contributed by atoms with Gasteiger partial charge in [-0.25, -0.2) is 4.39 Å². The van der Waals surface area contributed by atoms with E-state index in [4.69, 9.17) is 16.3 Å². The molecule has 1 aliphatic rings. The highest BCUT2D eigenvalue weighted by molar-refractivity contribution is 6.31. The second-order valence-corrected chi connectivity index (χ2v) is 8.08. The lowest BCUT2D eigenvalue weighted by molar-refractivity contribution is 0.0692. The predicted molar refractivity (Wildman–Crippen MR) is 119 cm³/mol. The zero-order chi connectivity index (χ0) is 21.5. The van der Waals surface area contributed by atoms with Crippen LogP contribution in [0.2, 0.25) is 5.02 Å². The number of aromatic nitrogens is 1. The SMILES string of the molecule is COc1ccc2[nH]c3c(c2c1)CCN(C(=O)c1cccc(Cl)c1)[C@H]3c1ccc(F)cc1. The highest BCUT2D eigenvalue weighted by atomic mass is 35.5. The summed E-state index contributed by atoms with van der Waals surface area (Å²) in [5.41, 5.74) is 4.45. The van der Waals surface area contributed by atoms with Crippen molar-refractivity contribution in [3.63, 3.8) is 0 Å². The number of hydrogen-bond acceptors (Lipinski definition) is 2. The molecule has 2 heterocycles. The standard InChI is InChI=1S/C25H20ClFN2O2/c1-31-19-9-10-22-21(14-19)20-11-12-29(25(30)16-3-2-4-17(26)13-16)24(23(20)28-22)15-5-7-18(27)8-6-15/h2-10,13-14,24,28H,11-12H2,1H3/t24-/m0/s1. The van der Waals surface area contributed by atoms with Crippen molar-refractivity contribution in [3.05, 3.63) is 100.0 Å². The lowest BCUT2D eigenvalue weighted by Gasteiger charge is -2.36. The number of H-pyrrole nitrogens is 1. The number of benzene rings is 3. The van der Waals surface area contributed by atoms with Crippen LogP contribution in [0.25, 0.3) is 10.9 Å². The van der Waals surface area contributed by atoms with Crippen LogP contribution in [0.3, 0.4) is 0 Å². The Bertz CT molecular complexity index is 1280. The van der Waals surface area contributed by atoms with Gasteiger partial charge in [0.2, 0.25) is 0 Å². The normalized spacial score (nSPS) is 15.7. The van der Waals surface area contributed by atoms with E-state index in [0.717, 1.165) is 33.5 Å². The number of aromatic amines is 1. The number of methoxy groups -OCH3 is 1. The average Bonchev–Trinajstić information content (AvgIpc) is 3.16. The van der Waals surface area contributed by atoms with Crippen LogP contribution in [0, 0.1) is 5.82 Å². The Morgan fingerprint density at radius 1 is 1.13 bits per heavy atom. The van der Waals surface area contributed by atoms with Gasteiger partial charge in [0.25, 0.3) is 5.91 Å². The van der Waals surface area contributed by atoms with Crippen LogP contribution in [0.4, 0.5) is 4.39 Å². The predicted octanol–water partition coefficient (Wildman–Crippen LogP) is 5.76. The molecule has 4 aromatic rings. The van der Waals surface area contributed by atoms with Gasteiger partial charge in [-0.3, -0.25) is 4.79 Å². The molecule has 5 rings (SSSR count). The largest absolute Gasteiger partial charge is 0.497 e. The fourth-order valence-electron chi connectivity index (χ4n) is 4.39. The summed E-state index contributed by atoms with van der Waals surface area (Å²) in [6.07, 6.45) is 0.701. The molecule has 4 nitrogen and oxygen atoms in total. The Kier molecular flexibility index (Phi) is 4.91. The first-order chi connectivity index (χ1) is 15.0. The van der Waals surface area contributed by atoms with Crippen molar-refractivity contribution in [2.24, 2.45) is 0 Å². The van der Waals surface area contributed by atoms with Crippen LogP contribution in [-0.4, -0.2) is 29.4 Å². The van der Waals surface area contributed by atoms with Gasteiger partial charge in [-0.1, -0.05) is 29.8 Å². The van der Waals surface area contributed by atoms with Crippen LogP contribution >= 0.6 is 11.6 Å². The molecule has 0 radical (unpaired) electrons. The number of fused-ring (bicyclic) bond motifs is 3. The van der Waals surface area contributed by atoms with Crippen LogP contribution in [-0.2, 0) is 6.42 Å². The van der Waals surface area contributed by atoms with Crippen LogP contribution in [0.15, 0.2) is 66.7 Å². The zero-order valence-corrected chi connectivity index (χ0v) is 17.6. The minimum absolute atomic E-state index is 0.112. The third kappa shape index (κ3) is 3.45. The molecular formula is C25H20ClFN2O2. The molecule has 0 spiro atoms. The Balaban J connectivity index is 1.66. The van der Waals surface area contributed by atoms with E-state index >= 15 is 0 Å². The van der Waals surface area contributed by atoms with Crippen molar-refractivity contribution < 1.29 is 13.9 Å². The lowest BCUT2D eigenvalue weighted by atomic mass is 9.91. The van der Waals surface area contributed by atoms with Crippen molar-refractivity contribution in [2.75, 3.05) is 13.7 Å². The van der Waals surface area contributed by atoms with Crippen LogP contribution in [0.1, 0.15) is 33.2 Å². The highest BCUT2D eigenvalue weighted by Crippen LogP contribution is 2.40. The molecule has 31 heavy (non-hydrogen) atoms. The van der Waals surface area contributed by atoms with Crippen molar-refractivity contribution in [3.8, 4) is 5.75 Å². The van der Waals surface area contributed by atoms with Gasteiger partial charge in [-0.05, 0) is 66.1 Å². The fourth-order valence-corrected chi connectivity index (χ4v) is 4.58. The molecule has 0 fully saturated rings. The number of nitrogens with one attached hydrogen (secondary N) is 1. The second-order valence-electron chi connectivity index (χ2n) is 7.64.